The van der Waals surface area contributed by atoms with Crippen molar-refractivity contribution in [1.29, 1.82) is 0 Å². The molecule has 0 atom stereocenters. The van der Waals surface area contributed by atoms with Crippen LogP contribution in [0.3, 0.4) is 0 Å². The van der Waals surface area contributed by atoms with Gasteiger partial charge in [0.25, 0.3) is 0 Å². The van der Waals surface area contributed by atoms with Crippen LogP contribution in [0.15, 0.2) is 54.6 Å². The SMILES string of the molecule is CCN(Cc1ccccc1)C(=O)CNC(=O)N(Cc1ccc(F)cc1)C1CC1. The van der Waals surface area contributed by atoms with Gasteiger partial charge in [-0.25, -0.2) is 9.18 Å². The van der Waals surface area contributed by atoms with Crippen LogP contribution in [-0.2, 0) is 17.9 Å². The van der Waals surface area contributed by atoms with E-state index < -0.39 is 0 Å². The number of carbonyl (C=O) groups excluding carboxylic acids is 2. The molecule has 0 unspecified atom stereocenters. The number of urea groups is 1. The third-order valence-electron chi connectivity index (χ3n) is 4.86. The van der Waals surface area contributed by atoms with Crippen LogP contribution < -0.4 is 5.32 Å². The van der Waals surface area contributed by atoms with E-state index in [1.54, 1.807) is 21.9 Å². The predicted octanol–water partition coefficient (Wildman–Crippen LogP) is 3.55. The van der Waals surface area contributed by atoms with Gasteiger partial charge in [0.15, 0.2) is 0 Å². The lowest BCUT2D eigenvalue weighted by atomic mass is 10.2. The summed E-state index contributed by atoms with van der Waals surface area (Å²) in [4.78, 5) is 28.6. The maximum absolute atomic E-state index is 13.1. The third kappa shape index (κ3) is 5.55. The molecule has 0 aliphatic heterocycles. The zero-order chi connectivity index (χ0) is 19.9. The number of nitrogens with zero attached hydrogens (tertiary/aromatic N) is 2. The number of carbonyl (C=O) groups is 2. The Labute approximate surface area is 165 Å². The van der Waals surface area contributed by atoms with Crippen LogP contribution in [-0.4, -0.2) is 40.9 Å². The summed E-state index contributed by atoms with van der Waals surface area (Å²) in [7, 11) is 0. The highest BCUT2D eigenvalue weighted by atomic mass is 19.1. The topological polar surface area (TPSA) is 52.7 Å². The van der Waals surface area contributed by atoms with E-state index in [0.29, 0.717) is 19.6 Å². The van der Waals surface area contributed by atoms with Crippen LogP contribution in [0.25, 0.3) is 0 Å². The van der Waals surface area contributed by atoms with Gasteiger partial charge < -0.3 is 15.1 Å². The van der Waals surface area contributed by atoms with Crippen LogP contribution in [0, 0.1) is 5.82 Å². The number of nitrogens with one attached hydrogen (secondary N) is 1. The molecule has 0 radical (unpaired) electrons. The van der Waals surface area contributed by atoms with Gasteiger partial charge in [0.2, 0.25) is 5.91 Å². The first-order valence-corrected chi connectivity index (χ1v) is 9.67. The molecule has 1 N–H and O–H groups in total. The molecule has 2 aromatic rings. The highest BCUT2D eigenvalue weighted by Crippen LogP contribution is 2.28. The Morgan fingerprint density at radius 3 is 2.25 bits per heavy atom. The van der Waals surface area contributed by atoms with Crippen molar-refractivity contribution in [3.05, 3.63) is 71.5 Å². The Hall–Kier alpha value is -2.89. The van der Waals surface area contributed by atoms with E-state index in [4.69, 9.17) is 0 Å². The molecule has 0 spiro atoms. The minimum Gasteiger partial charge on any atom is -0.337 e. The Kier molecular flexibility index (Phi) is 6.63. The molecule has 28 heavy (non-hydrogen) atoms. The van der Waals surface area contributed by atoms with Gasteiger partial charge in [-0.2, -0.15) is 0 Å². The molecule has 1 aliphatic carbocycles. The van der Waals surface area contributed by atoms with Crippen LogP contribution >= 0.6 is 0 Å². The van der Waals surface area contributed by atoms with Gasteiger partial charge in [-0.3, -0.25) is 4.79 Å². The summed E-state index contributed by atoms with van der Waals surface area (Å²) >= 11 is 0. The van der Waals surface area contributed by atoms with E-state index in [1.807, 2.05) is 37.3 Å². The largest absolute Gasteiger partial charge is 0.337 e. The van der Waals surface area contributed by atoms with Crippen LogP contribution in [0.1, 0.15) is 30.9 Å². The van der Waals surface area contributed by atoms with E-state index in [1.165, 1.54) is 12.1 Å². The van der Waals surface area contributed by atoms with Gasteiger partial charge in [-0.1, -0.05) is 42.5 Å². The van der Waals surface area contributed by atoms with Crippen LogP contribution in [0.4, 0.5) is 9.18 Å². The number of amides is 3. The average molecular weight is 383 g/mol. The molecule has 1 aliphatic rings. The number of hydrogen-bond acceptors (Lipinski definition) is 2. The number of likely N-dealkylation sites (N-methyl/N-ethyl adjacent to an activating group) is 1. The Balaban J connectivity index is 1.54. The molecule has 1 fully saturated rings. The molecule has 1 saturated carbocycles. The zero-order valence-corrected chi connectivity index (χ0v) is 16.1. The van der Waals surface area contributed by atoms with Crippen LogP contribution in [0.5, 0.6) is 0 Å². The van der Waals surface area contributed by atoms with E-state index in [9.17, 15) is 14.0 Å². The van der Waals surface area contributed by atoms with Crippen molar-refractivity contribution in [3.8, 4) is 0 Å². The Morgan fingerprint density at radius 2 is 1.64 bits per heavy atom. The minimum atomic E-state index is -0.296. The monoisotopic (exact) mass is 383 g/mol. The van der Waals surface area contributed by atoms with Gasteiger partial charge in [0.1, 0.15) is 5.82 Å². The van der Waals surface area contributed by atoms with Crippen molar-refractivity contribution in [2.45, 2.75) is 38.9 Å². The standard InChI is InChI=1S/C22H26FN3O2/c1-2-25(15-17-6-4-3-5-7-17)21(27)14-24-22(28)26(20-12-13-20)16-18-8-10-19(23)11-9-18/h3-11,20H,2,12-16H2,1H3,(H,24,28). The molecule has 3 rings (SSSR count). The lowest BCUT2D eigenvalue weighted by Crippen LogP contribution is -2.46. The summed E-state index contributed by atoms with van der Waals surface area (Å²) in [5.74, 6) is -0.410. The van der Waals surface area contributed by atoms with Crippen molar-refractivity contribution < 1.29 is 14.0 Å². The summed E-state index contributed by atoms with van der Waals surface area (Å²) in [6, 6.07) is 15.9. The highest BCUT2D eigenvalue weighted by Gasteiger charge is 2.32. The molecule has 3 amide bonds. The molecule has 0 saturated heterocycles. The predicted molar refractivity (Wildman–Crippen MR) is 106 cm³/mol. The van der Waals surface area contributed by atoms with Gasteiger partial charge in [0.05, 0.1) is 6.54 Å². The van der Waals surface area contributed by atoms with E-state index in [-0.39, 0.29) is 30.3 Å². The average Bonchev–Trinajstić information content (AvgIpc) is 3.55. The van der Waals surface area contributed by atoms with Crippen LogP contribution in [0.2, 0.25) is 0 Å². The first kappa shape index (κ1) is 19.9. The molecular formula is C22H26FN3O2. The van der Waals surface area contributed by atoms with Gasteiger partial charge in [0, 0.05) is 25.7 Å². The number of hydrogen-bond donors (Lipinski definition) is 1. The van der Waals surface area contributed by atoms with E-state index >= 15 is 0 Å². The first-order valence-electron chi connectivity index (χ1n) is 9.67. The molecule has 6 heteroatoms. The lowest BCUT2D eigenvalue weighted by molar-refractivity contribution is -0.130. The fourth-order valence-corrected chi connectivity index (χ4v) is 3.08. The number of halogens is 1. The fourth-order valence-electron chi connectivity index (χ4n) is 3.08. The van der Waals surface area contributed by atoms with Crippen molar-refractivity contribution >= 4 is 11.9 Å². The molecule has 0 bridgehead atoms. The summed E-state index contributed by atoms with van der Waals surface area (Å²) in [6.07, 6.45) is 1.91. The number of benzene rings is 2. The van der Waals surface area contributed by atoms with E-state index in [2.05, 4.69) is 5.32 Å². The second kappa shape index (κ2) is 9.35. The van der Waals surface area contributed by atoms with E-state index in [0.717, 1.165) is 24.0 Å². The van der Waals surface area contributed by atoms with Gasteiger partial charge in [-0.15, -0.1) is 0 Å². The highest BCUT2D eigenvalue weighted by molar-refractivity contribution is 5.84. The molecule has 0 aromatic heterocycles. The Bertz CT molecular complexity index is 791. The normalized spacial score (nSPS) is 13.1. The molecule has 2 aromatic carbocycles. The van der Waals surface area contributed by atoms with Crippen molar-refractivity contribution in [2.75, 3.05) is 13.1 Å². The quantitative estimate of drug-likeness (QED) is 0.758. The summed E-state index contributed by atoms with van der Waals surface area (Å²) in [5.41, 5.74) is 1.92. The number of rotatable bonds is 8. The first-order chi connectivity index (χ1) is 13.6. The zero-order valence-electron chi connectivity index (χ0n) is 16.1. The van der Waals surface area contributed by atoms with Crippen molar-refractivity contribution in [3.63, 3.8) is 0 Å². The second-order valence-corrected chi connectivity index (χ2v) is 7.04. The summed E-state index contributed by atoms with van der Waals surface area (Å²) < 4.78 is 13.1. The fraction of sp³-hybridized carbons (Fsp3) is 0.364. The van der Waals surface area contributed by atoms with Gasteiger partial charge >= 0.3 is 6.03 Å². The summed E-state index contributed by atoms with van der Waals surface area (Å²) in [6.45, 7) is 3.39. The summed E-state index contributed by atoms with van der Waals surface area (Å²) in [5, 5.41) is 2.76. The maximum atomic E-state index is 13.1. The molecule has 5 nitrogen and oxygen atoms in total. The molecular weight excluding hydrogens is 357 g/mol. The second-order valence-electron chi connectivity index (χ2n) is 7.04. The third-order valence-corrected chi connectivity index (χ3v) is 4.86. The molecule has 148 valence electrons. The van der Waals surface area contributed by atoms with Crippen molar-refractivity contribution in [2.24, 2.45) is 0 Å². The maximum Gasteiger partial charge on any atom is 0.318 e. The molecule has 0 heterocycles. The lowest BCUT2D eigenvalue weighted by Gasteiger charge is -2.25. The smallest absolute Gasteiger partial charge is 0.318 e. The minimum absolute atomic E-state index is 0.0356. The van der Waals surface area contributed by atoms with Crippen molar-refractivity contribution in [1.82, 2.24) is 15.1 Å². The Morgan fingerprint density at radius 1 is 1.00 bits per heavy atom. The van der Waals surface area contributed by atoms with Gasteiger partial charge in [-0.05, 0) is 43.0 Å².